The molecule has 0 spiro atoms. The van der Waals surface area contributed by atoms with Crippen molar-refractivity contribution in [3.8, 4) is 5.75 Å². The van der Waals surface area contributed by atoms with Crippen LogP contribution in [0.3, 0.4) is 0 Å². The molecule has 4 nitrogen and oxygen atoms in total. The zero-order chi connectivity index (χ0) is 19.1. The summed E-state index contributed by atoms with van der Waals surface area (Å²) < 4.78 is 7.91. The zero-order valence-electron chi connectivity index (χ0n) is 16.2. The number of benzene rings is 2. The molecule has 0 aliphatic carbocycles. The standard InChI is InChI=1S/C23H28N2O2/c1-3-15-24-23(26)21-17-19-20(13-8-14-22(19)27-4-2)25(21)16-9-12-18-10-6-5-7-11-18/h5-8,10-11,13-14,17H,3-4,9,12,15-16H2,1-2H3,(H,24,26). The van der Waals surface area contributed by atoms with Crippen LogP contribution < -0.4 is 10.1 Å². The number of rotatable bonds is 9. The average molecular weight is 364 g/mol. The van der Waals surface area contributed by atoms with E-state index in [0.29, 0.717) is 18.8 Å². The molecule has 4 heteroatoms. The number of aryl methyl sites for hydroxylation is 2. The van der Waals surface area contributed by atoms with Gasteiger partial charge in [0, 0.05) is 18.5 Å². The first-order valence-corrected chi connectivity index (χ1v) is 9.81. The molecule has 27 heavy (non-hydrogen) atoms. The molecule has 2 aromatic carbocycles. The van der Waals surface area contributed by atoms with Gasteiger partial charge in [0.15, 0.2) is 0 Å². The van der Waals surface area contributed by atoms with Crippen LogP contribution in [0.25, 0.3) is 10.9 Å². The summed E-state index contributed by atoms with van der Waals surface area (Å²) in [5.41, 5.74) is 3.08. The highest BCUT2D eigenvalue weighted by atomic mass is 16.5. The average Bonchev–Trinajstić information content (AvgIpc) is 3.07. The molecule has 0 aliphatic rings. The van der Waals surface area contributed by atoms with E-state index >= 15 is 0 Å². The SMILES string of the molecule is CCCNC(=O)c1cc2c(OCC)cccc2n1CCCc1ccccc1. The minimum absolute atomic E-state index is 0.0183. The maximum Gasteiger partial charge on any atom is 0.267 e. The molecule has 1 aromatic heterocycles. The van der Waals surface area contributed by atoms with Gasteiger partial charge < -0.3 is 14.6 Å². The van der Waals surface area contributed by atoms with E-state index in [1.54, 1.807) is 0 Å². The Morgan fingerprint density at radius 1 is 1.07 bits per heavy atom. The molecular formula is C23H28N2O2. The molecule has 0 unspecified atom stereocenters. The predicted molar refractivity (Wildman–Crippen MR) is 110 cm³/mol. The largest absolute Gasteiger partial charge is 0.493 e. The molecule has 0 saturated heterocycles. The van der Waals surface area contributed by atoms with Gasteiger partial charge in [-0.3, -0.25) is 4.79 Å². The molecular weight excluding hydrogens is 336 g/mol. The molecule has 142 valence electrons. The van der Waals surface area contributed by atoms with E-state index < -0.39 is 0 Å². The molecule has 3 aromatic rings. The number of fused-ring (bicyclic) bond motifs is 1. The lowest BCUT2D eigenvalue weighted by Gasteiger charge is -2.11. The molecule has 0 aliphatic heterocycles. The van der Waals surface area contributed by atoms with Crippen molar-refractivity contribution in [1.82, 2.24) is 9.88 Å². The summed E-state index contributed by atoms with van der Waals surface area (Å²) in [5.74, 6) is 0.816. The fourth-order valence-electron chi connectivity index (χ4n) is 3.38. The molecule has 1 heterocycles. The highest BCUT2D eigenvalue weighted by Crippen LogP contribution is 2.29. The van der Waals surface area contributed by atoms with Crippen molar-refractivity contribution in [2.75, 3.05) is 13.2 Å². The molecule has 1 N–H and O–H groups in total. The lowest BCUT2D eigenvalue weighted by Crippen LogP contribution is -2.26. The van der Waals surface area contributed by atoms with Gasteiger partial charge in [-0.25, -0.2) is 0 Å². The van der Waals surface area contributed by atoms with E-state index in [4.69, 9.17) is 4.74 Å². The Morgan fingerprint density at radius 2 is 1.89 bits per heavy atom. The van der Waals surface area contributed by atoms with Crippen LogP contribution in [0.15, 0.2) is 54.6 Å². The normalized spacial score (nSPS) is 10.9. The van der Waals surface area contributed by atoms with Crippen molar-refractivity contribution in [3.05, 3.63) is 65.9 Å². The number of hydrogen-bond donors (Lipinski definition) is 1. The Labute approximate surface area is 161 Å². The van der Waals surface area contributed by atoms with Gasteiger partial charge in [-0.1, -0.05) is 43.3 Å². The van der Waals surface area contributed by atoms with Crippen molar-refractivity contribution in [2.24, 2.45) is 0 Å². The van der Waals surface area contributed by atoms with E-state index in [1.807, 2.05) is 31.2 Å². The van der Waals surface area contributed by atoms with Gasteiger partial charge in [0.25, 0.3) is 5.91 Å². The van der Waals surface area contributed by atoms with Crippen LogP contribution in [0.1, 0.15) is 42.7 Å². The summed E-state index contributed by atoms with van der Waals surface area (Å²) >= 11 is 0. The topological polar surface area (TPSA) is 43.3 Å². The Morgan fingerprint density at radius 3 is 2.63 bits per heavy atom. The van der Waals surface area contributed by atoms with Crippen LogP contribution in [-0.2, 0) is 13.0 Å². The second-order valence-corrected chi connectivity index (χ2v) is 6.65. The highest BCUT2D eigenvalue weighted by molar-refractivity contribution is 6.00. The molecule has 0 bridgehead atoms. The second kappa shape index (κ2) is 9.26. The number of aromatic nitrogens is 1. The van der Waals surface area contributed by atoms with Crippen molar-refractivity contribution < 1.29 is 9.53 Å². The predicted octanol–water partition coefficient (Wildman–Crippen LogP) is 4.81. The van der Waals surface area contributed by atoms with E-state index in [9.17, 15) is 4.79 Å². The van der Waals surface area contributed by atoms with Gasteiger partial charge >= 0.3 is 0 Å². The van der Waals surface area contributed by atoms with Gasteiger partial charge in [0.2, 0.25) is 0 Å². The summed E-state index contributed by atoms with van der Waals surface area (Å²) in [6.07, 6.45) is 2.88. The van der Waals surface area contributed by atoms with Crippen molar-refractivity contribution >= 4 is 16.8 Å². The minimum Gasteiger partial charge on any atom is -0.493 e. The highest BCUT2D eigenvalue weighted by Gasteiger charge is 2.17. The van der Waals surface area contributed by atoms with E-state index in [-0.39, 0.29) is 5.91 Å². The smallest absolute Gasteiger partial charge is 0.267 e. The van der Waals surface area contributed by atoms with Crippen LogP contribution in [0.4, 0.5) is 0 Å². The Bertz CT molecular complexity index is 884. The van der Waals surface area contributed by atoms with Crippen molar-refractivity contribution in [1.29, 1.82) is 0 Å². The minimum atomic E-state index is -0.0183. The summed E-state index contributed by atoms with van der Waals surface area (Å²) in [7, 11) is 0. The van der Waals surface area contributed by atoms with Crippen LogP contribution in [0, 0.1) is 0 Å². The summed E-state index contributed by atoms with van der Waals surface area (Å²) in [5, 5.41) is 4.01. The maximum atomic E-state index is 12.7. The fourth-order valence-corrected chi connectivity index (χ4v) is 3.38. The third kappa shape index (κ3) is 4.51. The fraction of sp³-hybridized carbons (Fsp3) is 0.348. The van der Waals surface area contributed by atoms with Crippen molar-refractivity contribution in [2.45, 2.75) is 39.7 Å². The zero-order valence-corrected chi connectivity index (χ0v) is 16.2. The molecule has 3 rings (SSSR count). The first-order valence-electron chi connectivity index (χ1n) is 9.81. The Hall–Kier alpha value is -2.75. The third-order valence-corrected chi connectivity index (χ3v) is 4.66. The van der Waals surface area contributed by atoms with Gasteiger partial charge in [0.1, 0.15) is 11.4 Å². The molecule has 0 fully saturated rings. The summed E-state index contributed by atoms with van der Waals surface area (Å²) in [4.78, 5) is 12.7. The molecule has 0 radical (unpaired) electrons. The van der Waals surface area contributed by atoms with E-state index in [0.717, 1.165) is 42.5 Å². The van der Waals surface area contributed by atoms with Crippen LogP contribution in [0.5, 0.6) is 5.75 Å². The number of carbonyl (C=O) groups excluding carboxylic acids is 1. The first-order chi connectivity index (χ1) is 13.2. The Kier molecular flexibility index (Phi) is 6.53. The van der Waals surface area contributed by atoms with Crippen LogP contribution in [-0.4, -0.2) is 23.6 Å². The van der Waals surface area contributed by atoms with E-state index in [1.165, 1.54) is 5.56 Å². The Balaban J connectivity index is 1.89. The maximum absolute atomic E-state index is 12.7. The van der Waals surface area contributed by atoms with Gasteiger partial charge in [-0.15, -0.1) is 0 Å². The number of carbonyl (C=O) groups is 1. The van der Waals surface area contributed by atoms with Crippen molar-refractivity contribution in [3.63, 3.8) is 0 Å². The second-order valence-electron chi connectivity index (χ2n) is 6.65. The third-order valence-electron chi connectivity index (χ3n) is 4.66. The van der Waals surface area contributed by atoms with Gasteiger partial charge in [-0.2, -0.15) is 0 Å². The number of hydrogen-bond acceptors (Lipinski definition) is 2. The lowest BCUT2D eigenvalue weighted by molar-refractivity contribution is 0.0944. The molecule has 0 saturated carbocycles. The molecule has 1 amide bonds. The summed E-state index contributed by atoms with van der Waals surface area (Å²) in [6.45, 7) is 6.12. The first kappa shape index (κ1) is 19.0. The van der Waals surface area contributed by atoms with Crippen LogP contribution >= 0.6 is 0 Å². The number of amides is 1. The monoisotopic (exact) mass is 364 g/mol. The quantitative estimate of drug-likeness (QED) is 0.592. The lowest BCUT2D eigenvalue weighted by atomic mass is 10.1. The number of ether oxygens (including phenoxy) is 1. The number of nitrogens with one attached hydrogen (secondary N) is 1. The van der Waals surface area contributed by atoms with E-state index in [2.05, 4.69) is 47.1 Å². The molecule has 0 atom stereocenters. The number of nitrogens with zero attached hydrogens (tertiary/aromatic N) is 1. The van der Waals surface area contributed by atoms with Gasteiger partial charge in [-0.05, 0) is 49.9 Å². The summed E-state index contributed by atoms with van der Waals surface area (Å²) in [6, 6.07) is 18.5. The van der Waals surface area contributed by atoms with Gasteiger partial charge in [0.05, 0.1) is 12.1 Å². The van der Waals surface area contributed by atoms with Crippen LogP contribution in [0.2, 0.25) is 0 Å².